The normalized spacial score (nSPS) is 11.8. The number of nitrogens with zero attached hydrogens (tertiary/aromatic N) is 2. The average molecular weight is 366 g/mol. The first-order chi connectivity index (χ1) is 7.99. The molecule has 0 aliphatic heterocycles. The van der Waals surface area contributed by atoms with Crippen LogP contribution in [0.1, 0.15) is 5.56 Å². The molecule has 0 N–H and O–H groups in total. The number of hydrogen-bond donors (Lipinski definition) is 0. The quantitative estimate of drug-likeness (QED) is 0.797. The Morgan fingerprint density at radius 1 is 1.18 bits per heavy atom. The van der Waals surface area contributed by atoms with E-state index in [2.05, 4.69) is 37.0 Å². The Morgan fingerprint density at radius 3 is 2.35 bits per heavy atom. The number of alkyl halides is 2. The highest BCUT2D eigenvalue weighted by Crippen LogP contribution is 2.31. The van der Waals surface area contributed by atoms with Crippen molar-refractivity contribution in [3.63, 3.8) is 0 Å². The van der Waals surface area contributed by atoms with Crippen LogP contribution in [0, 0.1) is 0 Å². The zero-order chi connectivity index (χ0) is 12.5. The van der Waals surface area contributed by atoms with Crippen LogP contribution in [-0.2, 0) is 12.5 Å². The van der Waals surface area contributed by atoms with Gasteiger partial charge in [-0.2, -0.15) is 13.9 Å². The lowest BCUT2D eigenvalue weighted by Crippen LogP contribution is -2.22. The van der Waals surface area contributed by atoms with Gasteiger partial charge in [0.25, 0.3) is 5.92 Å². The molecule has 6 heteroatoms. The summed E-state index contributed by atoms with van der Waals surface area (Å²) in [5.74, 6) is -2.95. The molecule has 0 radical (unpaired) electrons. The summed E-state index contributed by atoms with van der Waals surface area (Å²) in [6.07, 6.45) is 0. The maximum Gasteiger partial charge on any atom is 0.292 e. The van der Waals surface area contributed by atoms with E-state index in [9.17, 15) is 8.78 Å². The van der Waals surface area contributed by atoms with Gasteiger partial charge in [-0.15, -0.1) is 0 Å². The molecule has 2 rings (SSSR count). The Balaban J connectivity index is 2.26. The Kier molecular flexibility index (Phi) is 3.63. The van der Waals surface area contributed by atoms with Crippen LogP contribution in [-0.4, -0.2) is 9.78 Å². The molecular formula is C11H8Br2F2N2. The highest BCUT2D eigenvalue weighted by molar-refractivity contribution is 9.11. The molecule has 17 heavy (non-hydrogen) atoms. The Bertz CT molecular complexity index is 511. The molecule has 0 spiro atoms. The molecule has 0 aliphatic carbocycles. The van der Waals surface area contributed by atoms with Gasteiger partial charge in [0.2, 0.25) is 0 Å². The van der Waals surface area contributed by atoms with Crippen LogP contribution < -0.4 is 0 Å². The van der Waals surface area contributed by atoms with Crippen molar-refractivity contribution in [3.05, 3.63) is 51.2 Å². The van der Waals surface area contributed by atoms with E-state index in [0.29, 0.717) is 9.21 Å². The van der Waals surface area contributed by atoms with Crippen LogP contribution in [0.25, 0.3) is 0 Å². The second-order valence-electron chi connectivity index (χ2n) is 3.52. The smallest absolute Gasteiger partial charge is 0.251 e. The molecule has 0 saturated heterocycles. The van der Waals surface area contributed by atoms with Gasteiger partial charge in [-0.25, -0.2) is 0 Å². The van der Waals surface area contributed by atoms with Gasteiger partial charge in [0.05, 0.1) is 0 Å². The predicted octanol–water partition coefficient (Wildman–Crippen LogP) is 4.20. The zero-order valence-corrected chi connectivity index (χ0v) is 11.7. The van der Waals surface area contributed by atoms with Crippen LogP contribution in [0.3, 0.4) is 0 Å². The summed E-state index contributed by atoms with van der Waals surface area (Å²) in [6, 6.07) is 9.34. The number of hydrogen-bond acceptors (Lipinski definition) is 1. The fourth-order valence-corrected chi connectivity index (χ4v) is 2.57. The van der Waals surface area contributed by atoms with E-state index in [1.165, 1.54) is 16.8 Å². The molecular weight excluding hydrogens is 358 g/mol. The monoisotopic (exact) mass is 364 g/mol. The molecule has 0 atom stereocenters. The molecule has 90 valence electrons. The average Bonchev–Trinajstić information content (AvgIpc) is 2.58. The lowest BCUT2D eigenvalue weighted by molar-refractivity contribution is -0.0260. The second-order valence-corrected chi connectivity index (χ2v) is 5.14. The van der Waals surface area contributed by atoms with Gasteiger partial charge < -0.3 is 0 Å². The summed E-state index contributed by atoms with van der Waals surface area (Å²) in [5, 5.41) is 3.93. The second kappa shape index (κ2) is 4.86. The van der Waals surface area contributed by atoms with Crippen molar-refractivity contribution in [3.8, 4) is 0 Å². The molecule has 0 bridgehead atoms. The van der Waals surface area contributed by atoms with E-state index in [-0.39, 0.29) is 5.56 Å². The fraction of sp³-hybridized carbons (Fsp3) is 0.182. The minimum Gasteiger partial charge on any atom is -0.251 e. The summed E-state index contributed by atoms with van der Waals surface area (Å²) in [4.78, 5) is 0. The first kappa shape index (κ1) is 12.7. The lowest BCUT2D eigenvalue weighted by Gasteiger charge is -2.17. The highest BCUT2D eigenvalue weighted by Gasteiger charge is 2.32. The summed E-state index contributed by atoms with van der Waals surface area (Å²) in [6.45, 7) is -0.497. The van der Waals surface area contributed by atoms with E-state index < -0.39 is 12.5 Å². The van der Waals surface area contributed by atoms with E-state index in [0.717, 1.165) is 0 Å². The molecule has 0 fully saturated rings. The van der Waals surface area contributed by atoms with Gasteiger partial charge in [-0.1, -0.05) is 30.3 Å². The standard InChI is InChI=1S/C11H8Br2F2N2/c12-9-6-10(13)17(16-9)7-11(14,15)8-4-2-1-3-5-8/h1-6H,7H2. The van der Waals surface area contributed by atoms with Gasteiger partial charge in [-0.05, 0) is 31.9 Å². The highest BCUT2D eigenvalue weighted by atomic mass is 79.9. The summed E-state index contributed by atoms with van der Waals surface area (Å²) in [7, 11) is 0. The molecule has 1 aromatic carbocycles. The molecule has 0 unspecified atom stereocenters. The van der Waals surface area contributed by atoms with E-state index in [1.807, 2.05) is 0 Å². The molecule has 2 nitrogen and oxygen atoms in total. The van der Waals surface area contributed by atoms with E-state index in [4.69, 9.17) is 0 Å². The van der Waals surface area contributed by atoms with Crippen molar-refractivity contribution < 1.29 is 8.78 Å². The lowest BCUT2D eigenvalue weighted by atomic mass is 10.1. The first-order valence-electron chi connectivity index (χ1n) is 4.81. The van der Waals surface area contributed by atoms with Crippen LogP contribution in [0.15, 0.2) is 45.6 Å². The summed E-state index contributed by atoms with van der Waals surface area (Å²) < 4.78 is 30.1. The topological polar surface area (TPSA) is 17.8 Å². The molecule has 0 saturated carbocycles. The summed E-state index contributed by atoms with van der Waals surface area (Å²) in [5.41, 5.74) is -0.0153. The number of aromatic nitrogens is 2. The van der Waals surface area contributed by atoms with Crippen molar-refractivity contribution in [2.45, 2.75) is 12.5 Å². The van der Waals surface area contributed by atoms with Crippen LogP contribution in [0.5, 0.6) is 0 Å². The predicted molar refractivity (Wildman–Crippen MR) is 68.0 cm³/mol. The fourth-order valence-electron chi connectivity index (χ4n) is 1.44. The van der Waals surface area contributed by atoms with Gasteiger partial charge >= 0.3 is 0 Å². The van der Waals surface area contributed by atoms with Gasteiger partial charge in [0.15, 0.2) is 0 Å². The maximum atomic E-state index is 13.9. The van der Waals surface area contributed by atoms with Crippen molar-refractivity contribution in [2.75, 3.05) is 0 Å². The summed E-state index contributed by atoms with van der Waals surface area (Å²) >= 11 is 6.32. The molecule has 1 aromatic heterocycles. The third kappa shape index (κ3) is 2.93. The van der Waals surface area contributed by atoms with Crippen LogP contribution in [0.2, 0.25) is 0 Å². The van der Waals surface area contributed by atoms with Crippen LogP contribution in [0.4, 0.5) is 8.78 Å². The Morgan fingerprint density at radius 2 is 1.82 bits per heavy atom. The molecule has 0 aliphatic rings. The Hall–Kier alpha value is -0.750. The maximum absolute atomic E-state index is 13.9. The SMILES string of the molecule is FC(F)(Cn1nc(Br)cc1Br)c1ccccc1. The molecule has 0 amide bonds. The van der Waals surface area contributed by atoms with Crippen molar-refractivity contribution in [2.24, 2.45) is 0 Å². The third-order valence-electron chi connectivity index (χ3n) is 2.25. The van der Waals surface area contributed by atoms with Gasteiger partial charge in [-0.3, -0.25) is 4.68 Å². The van der Waals surface area contributed by atoms with E-state index in [1.54, 1.807) is 24.3 Å². The number of rotatable bonds is 3. The zero-order valence-electron chi connectivity index (χ0n) is 8.58. The van der Waals surface area contributed by atoms with Gasteiger partial charge in [0, 0.05) is 11.6 Å². The Labute approximate surface area is 114 Å². The largest absolute Gasteiger partial charge is 0.292 e. The van der Waals surface area contributed by atoms with Crippen molar-refractivity contribution >= 4 is 31.9 Å². The minimum absolute atomic E-state index is 0.0153. The van der Waals surface area contributed by atoms with Crippen molar-refractivity contribution in [1.82, 2.24) is 9.78 Å². The van der Waals surface area contributed by atoms with Crippen molar-refractivity contribution in [1.29, 1.82) is 0 Å². The third-order valence-corrected chi connectivity index (χ3v) is 3.27. The first-order valence-corrected chi connectivity index (χ1v) is 6.40. The number of halogens is 4. The van der Waals surface area contributed by atoms with E-state index >= 15 is 0 Å². The van der Waals surface area contributed by atoms with Gasteiger partial charge in [0.1, 0.15) is 15.8 Å². The minimum atomic E-state index is -2.95. The molecule has 1 heterocycles. The molecule has 2 aromatic rings. The van der Waals surface area contributed by atoms with Crippen LogP contribution >= 0.6 is 31.9 Å². The number of benzene rings is 1.